The van der Waals surface area contributed by atoms with Crippen molar-refractivity contribution in [2.75, 3.05) is 5.32 Å². The Kier molecular flexibility index (Phi) is 3.33. The monoisotopic (exact) mass is 263 g/mol. The molecule has 1 heterocycles. The predicted molar refractivity (Wildman–Crippen MR) is 64.8 cm³/mol. The molecule has 0 saturated heterocycles. The van der Waals surface area contributed by atoms with Crippen LogP contribution in [0.3, 0.4) is 0 Å². The van der Waals surface area contributed by atoms with Crippen LogP contribution in [0.5, 0.6) is 0 Å². The number of rotatable bonds is 3. The largest absolute Gasteiger partial charge is 0.475 e. The molecule has 1 aromatic heterocycles. The van der Waals surface area contributed by atoms with Gasteiger partial charge in [0, 0.05) is 5.69 Å². The van der Waals surface area contributed by atoms with Gasteiger partial charge >= 0.3 is 5.97 Å². The number of carbonyl (C=O) groups excluding carboxylic acids is 1. The molecule has 2 rings (SSSR count). The van der Waals surface area contributed by atoms with Crippen molar-refractivity contribution in [3.63, 3.8) is 0 Å². The number of hydrogen-bond donors (Lipinski definition) is 2. The standard InChI is InChI=1S/C13H10FNO4/c1-7-6-8(2-3-9(7)14)15-12(16)10-4-5-11(19-10)13(17)18/h2-6H,1H3,(H,15,16)(H,17,18). The maximum absolute atomic E-state index is 13.1. The quantitative estimate of drug-likeness (QED) is 0.892. The Hall–Kier alpha value is -2.63. The van der Waals surface area contributed by atoms with Crippen LogP contribution in [-0.4, -0.2) is 17.0 Å². The third kappa shape index (κ3) is 2.79. The maximum Gasteiger partial charge on any atom is 0.371 e. The van der Waals surface area contributed by atoms with Crippen LogP contribution >= 0.6 is 0 Å². The number of benzene rings is 1. The fraction of sp³-hybridized carbons (Fsp3) is 0.0769. The van der Waals surface area contributed by atoms with Gasteiger partial charge in [0.05, 0.1) is 0 Å². The highest BCUT2D eigenvalue weighted by molar-refractivity contribution is 6.02. The van der Waals surface area contributed by atoms with Gasteiger partial charge in [-0.25, -0.2) is 9.18 Å². The van der Waals surface area contributed by atoms with E-state index in [2.05, 4.69) is 5.32 Å². The maximum atomic E-state index is 13.1. The molecule has 0 saturated carbocycles. The first kappa shape index (κ1) is 12.8. The van der Waals surface area contributed by atoms with Gasteiger partial charge in [-0.05, 0) is 42.8 Å². The van der Waals surface area contributed by atoms with Crippen molar-refractivity contribution in [2.24, 2.45) is 0 Å². The summed E-state index contributed by atoms with van der Waals surface area (Å²) in [6, 6.07) is 6.55. The number of furan rings is 1. The van der Waals surface area contributed by atoms with Gasteiger partial charge in [-0.2, -0.15) is 0 Å². The zero-order valence-electron chi connectivity index (χ0n) is 9.94. The molecule has 1 aromatic carbocycles. The zero-order valence-corrected chi connectivity index (χ0v) is 9.94. The number of aromatic carboxylic acids is 1. The molecule has 0 aliphatic carbocycles. The summed E-state index contributed by atoms with van der Waals surface area (Å²) in [6.45, 7) is 1.57. The second-order valence-electron chi connectivity index (χ2n) is 3.89. The third-order valence-corrected chi connectivity index (χ3v) is 2.46. The van der Waals surface area contributed by atoms with E-state index in [4.69, 9.17) is 9.52 Å². The lowest BCUT2D eigenvalue weighted by molar-refractivity contribution is 0.0660. The molecule has 0 radical (unpaired) electrons. The predicted octanol–water partition coefficient (Wildman–Crippen LogP) is 2.68. The van der Waals surface area contributed by atoms with Crippen LogP contribution in [0.15, 0.2) is 34.7 Å². The summed E-state index contributed by atoms with van der Waals surface area (Å²) in [4.78, 5) is 22.4. The van der Waals surface area contributed by atoms with E-state index in [0.717, 1.165) is 0 Å². The molecule has 0 fully saturated rings. The first-order valence-electron chi connectivity index (χ1n) is 5.38. The number of nitrogens with one attached hydrogen (secondary N) is 1. The van der Waals surface area contributed by atoms with Gasteiger partial charge in [0.15, 0.2) is 5.76 Å². The molecule has 0 atom stereocenters. The minimum atomic E-state index is -1.25. The van der Waals surface area contributed by atoms with Crippen molar-refractivity contribution in [1.82, 2.24) is 0 Å². The van der Waals surface area contributed by atoms with Gasteiger partial charge < -0.3 is 14.8 Å². The van der Waals surface area contributed by atoms with E-state index in [0.29, 0.717) is 11.3 Å². The molecule has 0 spiro atoms. The molecule has 0 aliphatic rings. The molecule has 1 amide bonds. The lowest BCUT2D eigenvalue weighted by Gasteiger charge is -2.04. The average molecular weight is 263 g/mol. The number of carboxylic acid groups (broad SMARTS) is 1. The molecular weight excluding hydrogens is 253 g/mol. The van der Waals surface area contributed by atoms with Crippen LogP contribution in [0.1, 0.15) is 26.7 Å². The van der Waals surface area contributed by atoms with Gasteiger partial charge in [-0.1, -0.05) is 0 Å². The van der Waals surface area contributed by atoms with E-state index in [1.165, 1.54) is 30.3 Å². The number of halogens is 1. The SMILES string of the molecule is Cc1cc(NC(=O)c2ccc(C(=O)O)o2)ccc1F. The smallest absolute Gasteiger partial charge is 0.371 e. The Bertz CT molecular complexity index is 648. The summed E-state index contributed by atoms with van der Waals surface area (Å²) in [5.41, 5.74) is 0.792. The summed E-state index contributed by atoms with van der Waals surface area (Å²) < 4.78 is 17.9. The van der Waals surface area contributed by atoms with Gasteiger partial charge in [-0.15, -0.1) is 0 Å². The van der Waals surface area contributed by atoms with Gasteiger partial charge in [0.2, 0.25) is 5.76 Å². The number of anilines is 1. The van der Waals surface area contributed by atoms with Crippen molar-refractivity contribution in [2.45, 2.75) is 6.92 Å². The summed E-state index contributed by atoms with van der Waals surface area (Å²) >= 11 is 0. The Morgan fingerprint density at radius 2 is 1.89 bits per heavy atom. The Morgan fingerprint density at radius 3 is 2.47 bits per heavy atom. The number of amides is 1. The lowest BCUT2D eigenvalue weighted by Crippen LogP contribution is -2.11. The molecular formula is C13H10FNO4. The molecule has 19 heavy (non-hydrogen) atoms. The van der Waals surface area contributed by atoms with Gasteiger partial charge in [0.1, 0.15) is 5.82 Å². The number of aryl methyl sites for hydroxylation is 1. The summed E-state index contributed by atoms with van der Waals surface area (Å²) in [5, 5.41) is 11.2. The minimum Gasteiger partial charge on any atom is -0.475 e. The Labute approximate surface area is 107 Å². The van der Waals surface area contributed by atoms with E-state index in [9.17, 15) is 14.0 Å². The van der Waals surface area contributed by atoms with Crippen molar-refractivity contribution in [1.29, 1.82) is 0 Å². The van der Waals surface area contributed by atoms with E-state index >= 15 is 0 Å². The average Bonchev–Trinajstić information content (AvgIpc) is 2.83. The van der Waals surface area contributed by atoms with Crippen LogP contribution in [0.4, 0.5) is 10.1 Å². The van der Waals surface area contributed by atoms with Crippen LogP contribution in [0.2, 0.25) is 0 Å². The van der Waals surface area contributed by atoms with E-state index in [1.807, 2.05) is 0 Å². The van der Waals surface area contributed by atoms with Crippen molar-refractivity contribution < 1.29 is 23.5 Å². The zero-order chi connectivity index (χ0) is 14.0. The normalized spacial score (nSPS) is 10.2. The van der Waals surface area contributed by atoms with Gasteiger partial charge in [-0.3, -0.25) is 4.79 Å². The van der Waals surface area contributed by atoms with Crippen LogP contribution < -0.4 is 5.32 Å². The van der Waals surface area contributed by atoms with Crippen molar-refractivity contribution in [3.8, 4) is 0 Å². The van der Waals surface area contributed by atoms with Crippen molar-refractivity contribution in [3.05, 3.63) is 53.2 Å². The second kappa shape index (κ2) is 4.93. The fourth-order valence-corrected chi connectivity index (χ4v) is 1.49. The molecule has 98 valence electrons. The van der Waals surface area contributed by atoms with Gasteiger partial charge in [0.25, 0.3) is 5.91 Å². The highest BCUT2D eigenvalue weighted by Gasteiger charge is 2.15. The summed E-state index contributed by atoms with van der Waals surface area (Å²) in [7, 11) is 0. The first-order chi connectivity index (χ1) is 8.97. The third-order valence-electron chi connectivity index (χ3n) is 2.46. The van der Waals surface area contributed by atoms with E-state index in [1.54, 1.807) is 6.92 Å². The fourth-order valence-electron chi connectivity index (χ4n) is 1.49. The molecule has 5 nitrogen and oxygen atoms in total. The van der Waals surface area contributed by atoms with Crippen LogP contribution in [-0.2, 0) is 0 Å². The minimum absolute atomic E-state index is 0.126. The summed E-state index contributed by atoms with van der Waals surface area (Å²) in [6.07, 6.45) is 0. The number of carboxylic acids is 1. The van der Waals surface area contributed by atoms with E-state index < -0.39 is 11.9 Å². The second-order valence-corrected chi connectivity index (χ2v) is 3.89. The molecule has 0 bridgehead atoms. The highest BCUT2D eigenvalue weighted by Crippen LogP contribution is 2.15. The molecule has 0 unspecified atom stereocenters. The molecule has 6 heteroatoms. The molecule has 2 N–H and O–H groups in total. The number of carbonyl (C=O) groups is 2. The van der Waals surface area contributed by atoms with Crippen molar-refractivity contribution >= 4 is 17.6 Å². The topological polar surface area (TPSA) is 79.5 Å². The van der Waals surface area contributed by atoms with E-state index in [-0.39, 0.29) is 17.3 Å². The molecule has 0 aliphatic heterocycles. The van der Waals surface area contributed by atoms with Crippen LogP contribution in [0, 0.1) is 12.7 Å². The Morgan fingerprint density at radius 1 is 1.21 bits per heavy atom. The lowest BCUT2D eigenvalue weighted by atomic mass is 10.2. The summed E-state index contributed by atoms with van der Waals surface area (Å²) in [5.74, 6) is -2.67. The highest BCUT2D eigenvalue weighted by atomic mass is 19.1. The molecule has 2 aromatic rings. The number of hydrogen-bond acceptors (Lipinski definition) is 3. The first-order valence-corrected chi connectivity index (χ1v) is 5.38. The Balaban J connectivity index is 2.15. The van der Waals surface area contributed by atoms with Crippen LogP contribution in [0.25, 0.3) is 0 Å².